The van der Waals surface area contributed by atoms with Crippen molar-refractivity contribution in [1.82, 2.24) is 20.9 Å². The first kappa shape index (κ1) is 22.9. The van der Waals surface area contributed by atoms with Crippen molar-refractivity contribution in [2.45, 2.75) is 77.7 Å². The number of halogens is 1. The van der Waals surface area contributed by atoms with E-state index in [4.69, 9.17) is 0 Å². The molecule has 0 radical (unpaired) electrons. The molecule has 3 rings (SSSR count). The van der Waals surface area contributed by atoms with Gasteiger partial charge in [0.1, 0.15) is 17.8 Å². The fourth-order valence-corrected chi connectivity index (χ4v) is 4.33. The average Bonchev–Trinajstić information content (AvgIpc) is 3.21. The topological polar surface area (TPSA) is 97.7 Å². The van der Waals surface area contributed by atoms with Gasteiger partial charge in [0.15, 0.2) is 0 Å². The first-order valence-corrected chi connectivity index (χ1v) is 10.7. The molecule has 0 aliphatic carbocycles. The number of nitrogens with zero attached hydrogens (tertiary/aromatic N) is 3. The van der Waals surface area contributed by atoms with E-state index in [9.17, 15) is 9.50 Å². The van der Waals surface area contributed by atoms with Crippen molar-refractivity contribution in [3.8, 4) is 16.9 Å². The molecule has 1 aliphatic heterocycles. The van der Waals surface area contributed by atoms with E-state index in [2.05, 4.69) is 44.9 Å². The predicted octanol–water partition coefficient (Wildman–Crippen LogP) is 4.16. The van der Waals surface area contributed by atoms with Gasteiger partial charge >= 0.3 is 0 Å². The summed E-state index contributed by atoms with van der Waals surface area (Å²) in [4.78, 5) is 4.59. The van der Waals surface area contributed by atoms with E-state index in [0.717, 1.165) is 11.1 Å². The van der Waals surface area contributed by atoms with Crippen molar-refractivity contribution >= 4 is 11.5 Å². The number of phenolic OH excluding ortho intramolecular Hbond substituents is 1. The number of nitrogens with one attached hydrogen (secondary N) is 3. The SMILES string of the molecule is CC/C(=N\NC(C)=N[C@@H]1CC(C)(C)NC(C)(C)[C@@H]1F)c1ccc(-c2cn[nH]c2)cc1O. The Balaban J connectivity index is 1.77. The lowest BCUT2D eigenvalue weighted by molar-refractivity contribution is 0.0595. The van der Waals surface area contributed by atoms with E-state index in [1.54, 1.807) is 25.4 Å². The number of aromatic hydroxyl groups is 1. The largest absolute Gasteiger partial charge is 0.507 e. The second-order valence-electron chi connectivity index (χ2n) is 9.36. The minimum atomic E-state index is -1.11. The van der Waals surface area contributed by atoms with Crippen molar-refractivity contribution < 1.29 is 9.50 Å². The van der Waals surface area contributed by atoms with Crippen LogP contribution in [-0.2, 0) is 0 Å². The summed E-state index contributed by atoms with van der Waals surface area (Å²) in [5.74, 6) is 0.683. The van der Waals surface area contributed by atoms with Gasteiger partial charge in [-0.05, 0) is 65.2 Å². The Morgan fingerprint density at radius 1 is 1.29 bits per heavy atom. The highest BCUT2D eigenvalue weighted by atomic mass is 19.1. The van der Waals surface area contributed by atoms with Gasteiger partial charge in [-0.1, -0.05) is 13.0 Å². The third-order valence-electron chi connectivity index (χ3n) is 5.59. The molecule has 1 fully saturated rings. The Morgan fingerprint density at radius 2 is 2.03 bits per heavy atom. The van der Waals surface area contributed by atoms with Gasteiger partial charge in [0.05, 0.1) is 18.0 Å². The number of piperidine rings is 1. The summed E-state index contributed by atoms with van der Waals surface area (Å²) in [5, 5.41) is 25.1. The zero-order chi connectivity index (χ0) is 22.8. The molecule has 2 aromatic rings. The molecule has 1 saturated heterocycles. The smallest absolute Gasteiger partial charge is 0.140 e. The number of alkyl halides is 1. The van der Waals surface area contributed by atoms with Gasteiger partial charge in [-0.2, -0.15) is 10.2 Å². The molecule has 31 heavy (non-hydrogen) atoms. The highest BCUT2D eigenvalue weighted by Gasteiger charge is 2.46. The van der Waals surface area contributed by atoms with E-state index in [1.165, 1.54) is 0 Å². The van der Waals surface area contributed by atoms with Crippen LogP contribution in [0, 0.1) is 0 Å². The monoisotopic (exact) mass is 428 g/mol. The van der Waals surface area contributed by atoms with Crippen LogP contribution in [0.1, 0.15) is 59.9 Å². The maximum absolute atomic E-state index is 15.0. The van der Waals surface area contributed by atoms with Crippen molar-refractivity contribution in [1.29, 1.82) is 0 Å². The highest BCUT2D eigenvalue weighted by Crippen LogP contribution is 2.33. The van der Waals surface area contributed by atoms with E-state index in [0.29, 0.717) is 30.0 Å². The standard InChI is InChI=1S/C23H33FN6O/c1-7-18(17-9-8-15(10-20(17)31)16-12-25-26-13-16)29-28-14(2)27-19-11-22(3,4)30-23(5,6)21(19)24/h8-10,12-13,19,21,30-31H,7,11H2,1-6H3,(H,25,26)(H,27,28)/b29-18+/t19-,21-/m1/s1. The van der Waals surface area contributed by atoms with Gasteiger partial charge in [0.2, 0.25) is 0 Å². The number of hydrogen-bond donors (Lipinski definition) is 4. The van der Waals surface area contributed by atoms with Crippen LogP contribution in [0.25, 0.3) is 11.1 Å². The average molecular weight is 429 g/mol. The summed E-state index contributed by atoms with van der Waals surface area (Å²) < 4.78 is 15.0. The summed E-state index contributed by atoms with van der Waals surface area (Å²) in [6.07, 6.45) is 3.57. The third-order valence-corrected chi connectivity index (χ3v) is 5.59. The lowest BCUT2D eigenvalue weighted by Crippen LogP contribution is -2.65. The van der Waals surface area contributed by atoms with E-state index in [-0.39, 0.29) is 11.3 Å². The van der Waals surface area contributed by atoms with Crippen LogP contribution in [0.4, 0.5) is 4.39 Å². The molecule has 1 aromatic carbocycles. The number of phenols is 1. The van der Waals surface area contributed by atoms with Gasteiger partial charge in [-0.3, -0.25) is 15.5 Å². The van der Waals surface area contributed by atoms with Crippen LogP contribution in [0.15, 0.2) is 40.7 Å². The predicted molar refractivity (Wildman–Crippen MR) is 123 cm³/mol. The fourth-order valence-electron chi connectivity index (χ4n) is 4.33. The molecule has 1 aliphatic rings. The molecule has 4 N–H and O–H groups in total. The molecule has 0 bridgehead atoms. The summed E-state index contributed by atoms with van der Waals surface area (Å²) in [7, 11) is 0. The molecule has 8 heteroatoms. The van der Waals surface area contributed by atoms with Gasteiger partial charge in [-0.15, -0.1) is 0 Å². The van der Waals surface area contributed by atoms with Crippen LogP contribution < -0.4 is 10.7 Å². The second-order valence-corrected chi connectivity index (χ2v) is 9.36. The number of hydrazone groups is 1. The number of aromatic amines is 1. The van der Waals surface area contributed by atoms with Crippen LogP contribution in [0.5, 0.6) is 5.75 Å². The molecule has 0 spiro atoms. The Labute approximate surface area is 183 Å². The summed E-state index contributed by atoms with van der Waals surface area (Å²) in [5.41, 5.74) is 5.17. The zero-order valence-electron chi connectivity index (χ0n) is 19.1. The maximum Gasteiger partial charge on any atom is 0.140 e. The molecular weight excluding hydrogens is 395 g/mol. The summed E-state index contributed by atoms with van der Waals surface area (Å²) in [6, 6.07) is 4.99. The highest BCUT2D eigenvalue weighted by molar-refractivity contribution is 6.03. The summed E-state index contributed by atoms with van der Waals surface area (Å²) in [6.45, 7) is 11.6. The molecule has 2 atom stereocenters. The van der Waals surface area contributed by atoms with Gasteiger partial charge in [0, 0.05) is 28.4 Å². The number of amidine groups is 1. The first-order valence-electron chi connectivity index (χ1n) is 10.7. The number of benzene rings is 1. The van der Waals surface area contributed by atoms with Crippen LogP contribution >= 0.6 is 0 Å². The first-order chi connectivity index (χ1) is 14.5. The quantitative estimate of drug-likeness (QED) is 0.326. The second kappa shape index (κ2) is 8.78. The lowest BCUT2D eigenvalue weighted by Gasteiger charge is -2.47. The number of hydrogen-bond acceptors (Lipinski definition) is 5. The Bertz CT molecular complexity index is 964. The molecule has 2 heterocycles. The molecule has 7 nitrogen and oxygen atoms in total. The molecule has 0 amide bonds. The number of aromatic nitrogens is 2. The minimum absolute atomic E-state index is 0.140. The Hall–Kier alpha value is -2.74. The van der Waals surface area contributed by atoms with Gasteiger partial charge < -0.3 is 10.4 Å². The number of H-pyrrole nitrogens is 1. The maximum atomic E-state index is 15.0. The van der Waals surface area contributed by atoms with Gasteiger partial charge in [-0.25, -0.2) is 4.39 Å². The van der Waals surface area contributed by atoms with E-state index < -0.39 is 17.8 Å². The molecule has 0 unspecified atom stereocenters. The fraction of sp³-hybridized carbons (Fsp3) is 0.522. The minimum Gasteiger partial charge on any atom is -0.507 e. The molecule has 168 valence electrons. The Morgan fingerprint density at radius 3 is 2.65 bits per heavy atom. The number of rotatable bonds is 5. The molecule has 0 saturated carbocycles. The van der Waals surface area contributed by atoms with Crippen molar-refractivity contribution in [2.75, 3.05) is 0 Å². The summed E-state index contributed by atoms with van der Waals surface area (Å²) >= 11 is 0. The van der Waals surface area contributed by atoms with E-state index in [1.807, 2.05) is 32.9 Å². The third kappa shape index (κ3) is 5.31. The molecular formula is C23H33FN6O. The number of aliphatic imine (C=N–C) groups is 1. The van der Waals surface area contributed by atoms with Crippen LogP contribution in [-0.4, -0.2) is 50.1 Å². The van der Waals surface area contributed by atoms with Crippen molar-refractivity contribution in [3.05, 3.63) is 36.2 Å². The zero-order valence-corrected chi connectivity index (χ0v) is 19.1. The van der Waals surface area contributed by atoms with Gasteiger partial charge in [0.25, 0.3) is 0 Å². The molecule has 1 aromatic heterocycles. The van der Waals surface area contributed by atoms with Crippen LogP contribution in [0.3, 0.4) is 0 Å². The van der Waals surface area contributed by atoms with Crippen LogP contribution in [0.2, 0.25) is 0 Å². The Kier molecular flexibility index (Phi) is 6.50. The van der Waals surface area contributed by atoms with Crippen molar-refractivity contribution in [3.63, 3.8) is 0 Å². The van der Waals surface area contributed by atoms with E-state index >= 15 is 0 Å². The normalized spacial score (nSPS) is 23.6. The van der Waals surface area contributed by atoms with Crippen molar-refractivity contribution in [2.24, 2.45) is 10.1 Å². The lowest BCUT2D eigenvalue weighted by atomic mass is 9.78.